The highest BCUT2D eigenvalue weighted by Gasteiger charge is 2.39. The van der Waals surface area contributed by atoms with E-state index in [1.54, 1.807) is 19.1 Å². The lowest BCUT2D eigenvalue weighted by Gasteiger charge is -2.12. The van der Waals surface area contributed by atoms with Crippen molar-refractivity contribution in [2.45, 2.75) is 13.5 Å². The topological polar surface area (TPSA) is 101 Å². The summed E-state index contributed by atoms with van der Waals surface area (Å²) in [4.78, 5) is 55.0. The number of hydroxylamine groups is 2. The minimum atomic E-state index is -0.963. The van der Waals surface area contributed by atoms with Gasteiger partial charge in [-0.3, -0.25) is 14.2 Å². The Morgan fingerprint density at radius 2 is 1.73 bits per heavy atom. The fourth-order valence-electron chi connectivity index (χ4n) is 2.26. The van der Waals surface area contributed by atoms with Gasteiger partial charge < -0.3 is 9.82 Å². The number of benzene rings is 1. The van der Waals surface area contributed by atoms with Crippen molar-refractivity contribution in [2.75, 3.05) is 0 Å². The summed E-state index contributed by atoms with van der Waals surface area (Å²) in [5.41, 5.74) is -0.203. The maximum atomic E-state index is 12.1. The highest BCUT2D eigenvalue weighted by Crippen LogP contribution is 2.23. The summed E-state index contributed by atoms with van der Waals surface area (Å²) in [6.07, 6.45) is 1.17. The highest BCUT2D eigenvalue weighted by molar-refractivity contribution is 6.21. The normalized spacial score (nSPS) is 13.4. The van der Waals surface area contributed by atoms with Gasteiger partial charge in [-0.05, 0) is 19.1 Å². The number of fused-ring (bicyclic) bond motifs is 1. The molecule has 1 N–H and O–H groups in total. The maximum Gasteiger partial charge on any atom is 0.381 e. The molecule has 2 heterocycles. The van der Waals surface area contributed by atoms with E-state index in [2.05, 4.69) is 4.98 Å². The molecular weight excluding hydrogens is 290 g/mol. The van der Waals surface area contributed by atoms with Crippen LogP contribution in [0.4, 0.5) is 0 Å². The van der Waals surface area contributed by atoms with Crippen molar-refractivity contribution in [3.8, 4) is 0 Å². The third-order valence-electron chi connectivity index (χ3n) is 3.32. The second-order valence-electron chi connectivity index (χ2n) is 4.55. The average molecular weight is 301 g/mol. The average Bonchev–Trinajstić information content (AvgIpc) is 3.01. The summed E-state index contributed by atoms with van der Waals surface area (Å²) >= 11 is 0. The molecule has 0 atom stereocenters. The lowest BCUT2D eigenvalue weighted by molar-refractivity contribution is -0.0591. The first-order valence-corrected chi connectivity index (χ1v) is 6.53. The monoisotopic (exact) mass is 301 g/mol. The second-order valence-corrected chi connectivity index (χ2v) is 4.55. The summed E-state index contributed by atoms with van der Waals surface area (Å²) in [6.45, 7) is 1.92. The molecule has 0 spiro atoms. The summed E-state index contributed by atoms with van der Waals surface area (Å²) < 4.78 is 1.14. The van der Waals surface area contributed by atoms with Crippen molar-refractivity contribution in [1.82, 2.24) is 14.6 Å². The molecule has 2 amide bonds. The molecule has 2 aromatic rings. The number of rotatable bonds is 3. The SMILES string of the molecule is CCn1c(C(=O)ON2C(=O)c3ccccc3C2=O)c[nH]c1=O. The largest absolute Gasteiger partial charge is 0.381 e. The molecular formula is C14H11N3O5. The minimum Gasteiger partial charge on any atom is -0.323 e. The molecule has 1 aromatic heterocycles. The molecule has 0 fully saturated rings. The number of nitrogens with zero attached hydrogens (tertiary/aromatic N) is 2. The Balaban J connectivity index is 1.89. The van der Waals surface area contributed by atoms with Gasteiger partial charge in [0.2, 0.25) is 0 Å². The first kappa shape index (κ1) is 13.8. The van der Waals surface area contributed by atoms with E-state index < -0.39 is 23.5 Å². The van der Waals surface area contributed by atoms with E-state index in [9.17, 15) is 19.2 Å². The van der Waals surface area contributed by atoms with Gasteiger partial charge in [-0.2, -0.15) is 0 Å². The Kier molecular flexibility index (Phi) is 3.13. The van der Waals surface area contributed by atoms with E-state index in [-0.39, 0.29) is 23.4 Å². The summed E-state index contributed by atoms with van der Waals surface area (Å²) in [5, 5.41) is 0.407. The Hall–Kier alpha value is -3.16. The van der Waals surface area contributed by atoms with Gasteiger partial charge in [0.1, 0.15) is 5.69 Å². The number of imidazole rings is 1. The lowest BCUT2D eigenvalue weighted by atomic mass is 10.1. The molecule has 112 valence electrons. The number of H-pyrrole nitrogens is 1. The predicted octanol–water partition coefficient (Wildman–Crippen LogP) is 0.564. The van der Waals surface area contributed by atoms with Crippen molar-refractivity contribution in [1.29, 1.82) is 0 Å². The highest BCUT2D eigenvalue weighted by atomic mass is 16.7. The molecule has 0 aliphatic carbocycles. The third-order valence-corrected chi connectivity index (χ3v) is 3.32. The standard InChI is InChI=1S/C14H11N3O5/c1-2-16-10(7-15-14(16)21)13(20)22-17-11(18)8-5-3-4-6-9(8)12(17)19/h3-7H,2H2,1H3,(H,15,21). The van der Waals surface area contributed by atoms with Crippen LogP contribution >= 0.6 is 0 Å². The number of amides is 2. The van der Waals surface area contributed by atoms with Crippen LogP contribution in [0.1, 0.15) is 38.1 Å². The summed E-state index contributed by atoms with van der Waals surface area (Å²) in [7, 11) is 0. The van der Waals surface area contributed by atoms with Gasteiger partial charge >= 0.3 is 11.7 Å². The van der Waals surface area contributed by atoms with Gasteiger partial charge in [0, 0.05) is 12.7 Å². The van der Waals surface area contributed by atoms with Gasteiger partial charge in [0.05, 0.1) is 11.1 Å². The van der Waals surface area contributed by atoms with Crippen molar-refractivity contribution < 1.29 is 19.2 Å². The zero-order valence-corrected chi connectivity index (χ0v) is 11.5. The number of carbonyl (C=O) groups is 3. The number of imide groups is 1. The molecule has 1 aromatic carbocycles. The molecule has 3 rings (SSSR count). The molecule has 0 saturated carbocycles. The molecule has 1 aliphatic rings. The van der Waals surface area contributed by atoms with Crippen LogP contribution in [0.15, 0.2) is 35.3 Å². The van der Waals surface area contributed by atoms with Crippen LogP contribution in [0.3, 0.4) is 0 Å². The van der Waals surface area contributed by atoms with Crippen molar-refractivity contribution in [2.24, 2.45) is 0 Å². The summed E-state index contributed by atoms with van der Waals surface area (Å²) in [5.74, 6) is -2.39. The summed E-state index contributed by atoms with van der Waals surface area (Å²) in [6, 6.07) is 6.16. The van der Waals surface area contributed by atoms with Crippen molar-refractivity contribution in [3.05, 3.63) is 57.8 Å². The Morgan fingerprint density at radius 3 is 2.27 bits per heavy atom. The van der Waals surface area contributed by atoms with E-state index in [1.165, 1.54) is 18.3 Å². The van der Waals surface area contributed by atoms with Gasteiger partial charge in [-0.25, -0.2) is 9.59 Å². The number of aromatic nitrogens is 2. The molecule has 0 unspecified atom stereocenters. The van der Waals surface area contributed by atoms with Gasteiger partial charge in [-0.1, -0.05) is 17.2 Å². The van der Waals surface area contributed by atoms with Gasteiger partial charge in [0.25, 0.3) is 11.8 Å². The van der Waals surface area contributed by atoms with E-state index in [0.717, 1.165) is 4.57 Å². The van der Waals surface area contributed by atoms with E-state index in [1.807, 2.05) is 0 Å². The number of hydrogen-bond acceptors (Lipinski definition) is 5. The fourth-order valence-corrected chi connectivity index (χ4v) is 2.26. The first-order valence-electron chi connectivity index (χ1n) is 6.53. The molecule has 22 heavy (non-hydrogen) atoms. The van der Waals surface area contributed by atoms with Crippen molar-refractivity contribution >= 4 is 17.8 Å². The van der Waals surface area contributed by atoms with Crippen LogP contribution in [-0.2, 0) is 11.4 Å². The molecule has 1 aliphatic heterocycles. The number of aromatic amines is 1. The smallest absolute Gasteiger partial charge is 0.323 e. The van der Waals surface area contributed by atoms with Gasteiger partial charge in [-0.15, -0.1) is 0 Å². The predicted molar refractivity (Wildman–Crippen MR) is 73.1 cm³/mol. The Morgan fingerprint density at radius 1 is 1.14 bits per heavy atom. The van der Waals surface area contributed by atoms with Crippen LogP contribution in [0.2, 0.25) is 0 Å². The van der Waals surface area contributed by atoms with Crippen LogP contribution in [0.25, 0.3) is 0 Å². The fraction of sp³-hybridized carbons (Fsp3) is 0.143. The van der Waals surface area contributed by atoms with Gasteiger partial charge in [0.15, 0.2) is 0 Å². The molecule has 0 radical (unpaired) electrons. The lowest BCUT2D eigenvalue weighted by Crippen LogP contribution is -2.34. The van der Waals surface area contributed by atoms with Crippen LogP contribution in [0, 0.1) is 0 Å². The number of nitrogens with one attached hydrogen (secondary N) is 1. The Labute approximate surface area is 123 Å². The third kappa shape index (κ3) is 1.93. The van der Waals surface area contributed by atoms with E-state index in [0.29, 0.717) is 5.06 Å². The minimum absolute atomic E-state index is 0.0657. The number of carbonyl (C=O) groups excluding carboxylic acids is 3. The van der Waals surface area contributed by atoms with Crippen molar-refractivity contribution in [3.63, 3.8) is 0 Å². The molecule has 0 bridgehead atoms. The van der Waals surface area contributed by atoms with Crippen LogP contribution in [-0.4, -0.2) is 32.4 Å². The first-order chi connectivity index (χ1) is 10.5. The quantitative estimate of drug-likeness (QED) is 0.835. The number of hydrogen-bond donors (Lipinski definition) is 1. The molecule has 0 saturated heterocycles. The molecule has 8 heteroatoms. The maximum absolute atomic E-state index is 12.1. The Bertz CT molecular complexity index is 813. The van der Waals surface area contributed by atoms with E-state index >= 15 is 0 Å². The van der Waals surface area contributed by atoms with Crippen LogP contribution in [0.5, 0.6) is 0 Å². The zero-order chi connectivity index (χ0) is 15.9. The van der Waals surface area contributed by atoms with E-state index in [4.69, 9.17) is 4.84 Å². The molecule has 8 nitrogen and oxygen atoms in total. The second kappa shape index (κ2) is 4.99. The van der Waals surface area contributed by atoms with Crippen LogP contribution < -0.4 is 5.69 Å². The zero-order valence-electron chi connectivity index (χ0n) is 11.5.